The summed E-state index contributed by atoms with van der Waals surface area (Å²) in [4.78, 5) is 25.3. The average molecular weight is 437 g/mol. The van der Waals surface area contributed by atoms with Crippen LogP contribution in [0.15, 0.2) is 36.7 Å². The fourth-order valence-corrected chi connectivity index (χ4v) is 4.60. The Hall–Kier alpha value is -3.46. The van der Waals surface area contributed by atoms with E-state index < -0.39 is 11.7 Å². The smallest absolute Gasteiger partial charge is 0.415 e. The highest BCUT2D eigenvalue weighted by molar-refractivity contribution is 6.00. The number of likely N-dealkylation sites (tertiary alicyclic amines) is 1. The van der Waals surface area contributed by atoms with Gasteiger partial charge in [-0.25, -0.2) is 19.2 Å². The van der Waals surface area contributed by atoms with Crippen molar-refractivity contribution in [3.63, 3.8) is 0 Å². The Morgan fingerprint density at radius 3 is 2.78 bits per heavy atom. The summed E-state index contributed by atoms with van der Waals surface area (Å²) < 4.78 is 26.0. The van der Waals surface area contributed by atoms with Gasteiger partial charge < -0.3 is 14.8 Å². The number of carbonyl (C=O) groups is 1. The van der Waals surface area contributed by atoms with Gasteiger partial charge in [0.15, 0.2) is 5.60 Å². The van der Waals surface area contributed by atoms with Gasteiger partial charge >= 0.3 is 6.09 Å². The third-order valence-corrected chi connectivity index (χ3v) is 6.35. The Morgan fingerprint density at radius 1 is 1.28 bits per heavy atom. The zero-order valence-corrected chi connectivity index (χ0v) is 18.3. The van der Waals surface area contributed by atoms with Crippen molar-refractivity contribution in [2.75, 3.05) is 37.5 Å². The van der Waals surface area contributed by atoms with Crippen molar-refractivity contribution < 1.29 is 18.7 Å². The molecule has 0 radical (unpaired) electrons. The first-order valence-electron chi connectivity index (χ1n) is 10.4. The van der Waals surface area contributed by atoms with Crippen LogP contribution in [0.2, 0.25) is 0 Å². The van der Waals surface area contributed by atoms with Gasteiger partial charge in [0.1, 0.15) is 23.7 Å². The Kier molecular flexibility index (Phi) is 4.67. The SMILES string of the molecule is COc1cc2ncnc(Nc3cccc(C)c3F)c2cc1N1C(=O)OC2(CN(C)C2)C1C. The zero-order chi connectivity index (χ0) is 22.6. The number of rotatable bonds is 4. The van der Waals surface area contributed by atoms with Crippen LogP contribution < -0.4 is 15.0 Å². The third-order valence-electron chi connectivity index (χ3n) is 6.35. The van der Waals surface area contributed by atoms with Crippen molar-refractivity contribution in [1.82, 2.24) is 14.9 Å². The fourth-order valence-electron chi connectivity index (χ4n) is 4.60. The Morgan fingerprint density at radius 2 is 2.06 bits per heavy atom. The van der Waals surface area contributed by atoms with E-state index >= 15 is 0 Å². The van der Waals surface area contributed by atoms with E-state index in [0.717, 1.165) is 0 Å². The summed E-state index contributed by atoms with van der Waals surface area (Å²) in [7, 11) is 3.54. The molecule has 0 bridgehead atoms. The van der Waals surface area contributed by atoms with E-state index in [4.69, 9.17) is 9.47 Å². The first kappa shape index (κ1) is 20.4. The molecule has 3 aromatic rings. The van der Waals surface area contributed by atoms with Crippen LogP contribution in [0.3, 0.4) is 0 Å². The number of fused-ring (bicyclic) bond motifs is 1. The molecule has 8 nitrogen and oxygen atoms in total. The first-order valence-corrected chi connectivity index (χ1v) is 10.4. The second kappa shape index (κ2) is 7.30. The van der Waals surface area contributed by atoms with Crippen LogP contribution in [0.4, 0.5) is 26.4 Å². The summed E-state index contributed by atoms with van der Waals surface area (Å²) >= 11 is 0. The van der Waals surface area contributed by atoms with Gasteiger partial charge in [-0.2, -0.15) is 0 Å². The molecule has 2 aromatic carbocycles. The van der Waals surface area contributed by atoms with Crippen molar-refractivity contribution >= 4 is 34.2 Å². The number of anilines is 3. The predicted octanol–water partition coefficient (Wildman–Crippen LogP) is 3.86. The van der Waals surface area contributed by atoms with Gasteiger partial charge in [0, 0.05) is 24.5 Å². The summed E-state index contributed by atoms with van der Waals surface area (Å²) in [6.45, 7) is 5.03. The van der Waals surface area contributed by atoms with Crippen LogP contribution in [-0.4, -0.2) is 59.9 Å². The van der Waals surface area contributed by atoms with Crippen molar-refractivity contribution in [2.45, 2.75) is 25.5 Å². The molecule has 9 heteroatoms. The van der Waals surface area contributed by atoms with Gasteiger partial charge in [-0.3, -0.25) is 9.80 Å². The monoisotopic (exact) mass is 437 g/mol. The van der Waals surface area contributed by atoms with Gasteiger partial charge in [0.2, 0.25) is 0 Å². The van der Waals surface area contributed by atoms with E-state index in [9.17, 15) is 9.18 Å². The lowest BCUT2D eigenvalue weighted by atomic mass is 9.87. The van der Waals surface area contributed by atoms with E-state index in [1.165, 1.54) is 6.33 Å². The molecule has 2 aliphatic rings. The summed E-state index contributed by atoms with van der Waals surface area (Å²) in [6, 6.07) is 8.49. The van der Waals surface area contributed by atoms with Crippen LogP contribution in [0.1, 0.15) is 12.5 Å². The lowest BCUT2D eigenvalue weighted by Gasteiger charge is -2.46. The maximum atomic E-state index is 14.6. The number of ether oxygens (including phenoxy) is 2. The zero-order valence-electron chi connectivity index (χ0n) is 18.3. The van der Waals surface area contributed by atoms with E-state index in [-0.39, 0.29) is 11.9 Å². The normalized spacial score (nSPS) is 19.8. The van der Waals surface area contributed by atoms with Crippen molar-refractivity contribution in [2.24, 2.45) is 0 Å². The molecule has 1 spiro atoms. The van der Waals surface area contributed by atoms with E-state index in [2.05, 4.69) is 20.2 Å². The largest absolute Gasteiger partial charge is 0.494 e. The molecule has 0 saturated carbocycles. The van der Waals surface area contributed by atoms with Crippen LogP contribution >= 0.6 is 0 Å². The number of benzene rings is 2. The number of hydrogen-bond donors (Lipinski definition) is 1. The molecule has 2 aliphatic heterocycles. The lowest BCUT2D eigenvalue weighted by Crippen LogP contribution is -2.65. The second-order valence-corrected chi connectivity index (χ2v) is 8.48. The molecule has 32 heavy (non-hydrogen) atoms. The number of aryl methyl sites for hydroxylation is 1. The number of amides is 1. The number of hydrogen-bond acceptors (Lipinski definition) is 7. The molecule has 5 rings (SSSR count). The van der Waals surface area contributed by atoms with E-state index in [0.29, 0.717) is 52.5 Å². The predicted molar refractivity (Wildman–Crippen MR) is 119 cm³/mol. The molecule has 1 aromatic heterocycles. The minimum atomic E-state index is -0.537. The van der Waals surface area contributed by atoms with Crippen molar-refractivity contribution in [1.29, 1.82) is 0 Å². The maximum absolute atomic E-state index is 14.6. The molecule has 1 amide bonds. The average Bonchev–Trinajstić information content (AvgIpc) is 3.00. The van der Waals surface area contributed by atoms with Gasteiger partial charge in [0.25, 0.3) is 0 Å². The minimum Gasteiger partial charge on any atom is -0.494 e. The van der Waals surface area contributed by atoms with Gasteiger partial charge in [-0.1, -0.05) is 12.1 Å². The molecule has 2 saturated heterocycles. The van der Waals surface area contributed by atoms with Crippen LogP contribution in [0.5, 0.6) is 5.75 Å². The molecule has 0 aliphatic carbocycles. The summed E-state index contributed by atoms with van der Waals surface area (Å²) in [5.74, 6) is 0.583. The molecule has 1 N–H and O–H groups in total. The van der Waals surface area contributed by atoms with Crippen LogP contribution in [-0.2, 0) is 4.74 Å². The van der Waals surface area contributed by atoms with Crippen LogP contribution in [0, 0.1) is 12.7 Å². The van der Waals surface area contributed by atoms with Crippen molar-refractivity contribution in [3.05, 3.63) is 48.0 Å². The minimum absolute atomic E-state index is 0.187. The topological polar surface area (TPSA) is 79.8 Å². The van der Waals surface area contributed by atoms with Crippen molar-refractivity contribution in [3.8, 4) is 5.75 Å². The number of halogens is 1. The molecule has 1 atom stereocenters. The molecular formula is C23H24FN5O3. The molecular weight excluding hydrogens is 413 g/mol. The number of nitrogens with zero attached hydrogens (tertiary/aromatic N) is 4. The van der Waals surface area contributed by atoms with Crippen LogP contribution in [0.25, 0.3) is 10.9 Å². The van der Waals surface area contributed by atoms with Gasteiger partial charge in [0.05, 0.1) is 30.0 Å². The van der Waals surface area contributed by atoms with E-state index in [1.54, 1.807) is 49.3 Å². The van der Waals surface area contributed by atoms with Gasteiger partial charge in [-0.15, -0.1) is 0 Å². The first-order chi connectivity index (χ1) is 15.3. The number of likely N-dealkylation sites (N-methyl/N-ethyl adjacent to an activating group) is 1. The number of methoxy groups -OCH3 is 1. The highest BCUT2D eigenvalue weighted by Crippen LogP contribution is 2.44. The lowest BCUT2D eigenvalue weighted by molar-refractivity contribution is -0.0758. The standard InChI is InChI=1S/C23H24FN5O3/c1-13-6-5-7-16(20(13)24)27-21-15-8-18(19(31-4)9-17(15)25-12-26-21)29-14(2)23(32-22(29)30)10-28(3)11-23/h5-9,12,14H,10-11H2,1-4H3,(H,25,26,27). The summed E-state index contributed by atoms with van der Waals surface area (Å²) in [5.41, 5.74) is 1.47. The summed E-state index contributed by atoms with van der Waals surface area (Å²) in [5, 5.41) is 3.70. The Balaban J connectivity index is 1.60. The highest BCUT2D eigenvalue weighted by Gasteiger charge is 2.58. The molecule has 166 valence electrons. The third kappa shape index (κ3) is 3.03. The molecule has 2 fully saturated rings. The Labute approximate surface area is 185 Å². The number of carbonyl (C=O) groups excluding carboxylic acids is 1. The maximum Gasteiger partial charge on any atom is 0.415 e. The highest BCUT2D eigenvalue weighted by atomic mass is 19.1. The number of aromatic nitrogens is 2. The summed E-state index contributed by atoms with van der Waals surface area (Å²) in [6.07, 6.45) is 0.989. The fraction of sp³-hybridized carbons (Fsp3) is 0.348. The number of nitrogens with one attached hydrogen (secondary N) is 1. The molecule has 1 unspecified atom stereocenters. The quantitative estimate of drug-likeness (QED) is 0.664. The second-order valence-electron chi connectivity index (χ2n) is 8.48. The molecule has 3 heterocycles. The Bertz CT molecular complexity index is 1230. The van der Waals surface area contributed by atoms with E-state index in [1.807, 2.05) is 14.0 Å². The van der Waals surface area contributed by atoms with Gasteiger partial charge in [-0.05, 0) is 38.6 Å².